The van der Waals surface area contributed by atoms with E-state index in [9.17, 15) is 26.4 Å². The molecule has 1 atom stereocenters. The average molecular weight is 586 g/mol. The molecule has 2 aromatic carbocycles. The molecular formula is C26H27ClF3N3O3S2. The van der Waals surface area contributed by atoms with Gasteiger partial charge in [-0.15, -0.1) is 11.3 Å². The van der Waals surface area contributed by atoms with Crippen LogP contribution in [0, 0.1) is 0 Å². The SMILES string of the molecule is O=C(NCc1ccc(S(=O)(=O)N2CCC(NCc3ccc(C(F)C(F)F)cc3)CC2)s1)c1ccc(Cl)cc1. The molecule has 38 heavy (non-hydrogen) atoms. The zero-order valence-corrected chi connectivity index (χ0v) is 22.6. The number of benzene rings is 2. The molecule has 1 aliphatic heterocycles. The Morgan fingerprint density at radius 2 is 1.63 bits per heavy atom. The number of sulfonamides is 1. The Balaban J connectivity index is 1.25. The first-order valence-electron chi connectivity index (χ1n) is 12.0. The van der Waals surface area contributed by atoms with Gasteiger partial charge in [0.1, 0.15) is 4.21 Å². The lowest BCUT2D eigenvalue weighted by Gasteiger charge is -2.31. The molecule has 0 saturated carbocycles. The van der Waals surface area contributed by atoms with Crippen LogP contribution in [-0.2, 0) is 23.1 Å². The molecule has 1 unspecified atom stereocenters. The van der Waals surface area contributed by atoms with E-state index in [0.29, 0.717) is 43.1 Å². The summed E-state index contributed by atoms with van der Waals surface area (Å²) in [6.07, 6.45) is -4.12. The Kier molecular flexibility index (Phi) is 9.48. The predicted octanol–water partition coefficient (Wildman–Crippen LogP) is 5.55. The summed E-state index contributed by atoms with van der Waals surface area (Å²) in [5, 5.41) is 6.68. The molecule has 6 nitrogen and oxygen atoms in total. The van der Waals surface area contributed by atoms with E-state index in [1.54, 1.807) is 48.5 Å². The first-order chi connectivity index (χ1) is 18.1. The Bertz CT molecular complexity index is 1330. The van der Waals surface area contributed by atoms with Crippen molar-refractivity contribution in [2.75, 3.05) is 13.1 Å². The molecule has 1 fully saturated rings. The number of hydrogen-bond acceptors (Lipinski definition) is 5. The molecule has 1 amide bonds. The predicted molar refractivity (Wildman–Crippen MR) is 142 cm³/mol. The van der Waals surface area contributed by atoms with Gasteiger partial charge >= 0.3 is 0 Å². The van der Waals surface area contributed by atoms with Crippen molar-refractivity contribution in [3.05, 3.63) is 87.3 Å². The quantitative estimate of drug-likeness (QED) is 0.327. The summed E-state index contributed by atoms with van der Waals surface area (Å²) < 4.78 is 66.4. The third-order valence-electron chi connectivity index (χ3n) is 6.33. The molecule has 0 spiro atoms. The average Bonchev–Trinajstić information content (AvgIpc) is 3.41. The van der Waals surface area contributed by atoms with Gasteiger partial charge in [0.25, 0.3) is 22.4 Å². The highest BCUT2D eigenvalue weighted by atomic mass is 35.5. The fourth-order valence-corrected chi connectivity index (χ4v) is 7.16. The first-order valence-corrected chi connectivity index (χ1v) is 14.6. The van der Waals surface area contributed by atoms with E-state index >= 15 is 0 Å². The van der Waals surface area contributed by atoms with E-state index in [1.807, 2.05) is 0 Å². The van der Waals surface area contributed by atoms with Crippen molar-refractivity contribution in [2.24, 2.45) is 0 Å². The van der Waals surface area contributed by atoms with Crippen LogP contribution in [0.25, 0.3) is 0 Å². The number of carbonyl (C=O) groups is 1. The van der Waals surface area contributed by atoms with Gasteiger partial charge in [-0.05, 0) is 60.4 Å². The zero-order chi connectivity index (χ0) is 27.3. The molecule has 204 valence electrons. The van der Waals surface area contributed by atoms with Crippen LogP contribution in [0.3, 0.4) is 0 Å². The zero-order valence-electron chi connectivity index (χ0n) is 20.2. The van der Waals surface area contributed by atoms with E-state index in [1.165, 1.54) is 16.4 Å². The Labute approximate surface area is 228 Å². The second-order valence-corrected chi connectivity index (χ2v) is 12.7. The number of alkyl halides is 3. The molecular weight excluding hydrogens is 559 g/mol. The monoisotopic (exact) mass is 585 g/mol. The topological polar surface area (TPSA) is 78.5 Å². The fourth-order valence-electron chi connectivity index (χ4n) is 4.12. The summed E-state index contributed by atoms with van der Waals surface area (Å²) >= 11 is 6.98. The lowest BCUT2D eigenvalue weighted by atomic mass is 10.1. The van der Waals surface area contributed by atoms with Gasteiger partial charge in [-0.1, -0.05) is 35.9 Å². The van der Waals surface area contributed by atoms with Crippen LogP contribution in [0.5, 0.6) is 0 Å². The van der Waals surface area contributed by atoms with Crippen molar-refractivity contribution in [3.63, 3.8) is 0 Å². The van der Waals surface area contributed by atoms with Gasteiger partial charge in [-0.2, -0.15) is 4.31 Å². The number of rotatable bonds is 10. The standard InChI is InChI=1S/C26H27ClF3N3O3S2/c27-20-7-5-19(6-8-20)26(34)32-16-22-9-10-23(37-22)38(35,36)33-13-11-21(12-14-33)31-15-17-1-3-18(4-2-17)24(28)25(29)30/h1-10,21,24-25,31H,11-16H2,(H,32,34). The summed E-state index contributed by atoms with van der Waals surface area (Å²) in [6.45, 7) is 1.40. The van der Waals surface area contributed by atoms with Crippen molar-refractivity contribution in [2.45, 2.75) is 48.8 Å². The van der Waals surface area contributed by atoms with Crippen LogP contribution in [0.2, 0.25) is 5.02 Å². The normalized spacial score (nSPS) is 16.0. The third-order valence-corrected chi connectivity index (χ3v) is 10.0. The molecule has 1 saturated heterocycles. The minimum absolute atomic E-state index is 0.0528. The largest absolute Gasteiger partial charge is 0.347 e. The Hall–Kier alpha value is -2.44. The molecule has 3 aromatic rings. The maximum atomic E-state index is 13.4. The highest BCUT2D eigenvalue weighted by Crippen LogP contribution is 2.28. The number of hydrogen-bond donors (Lipinski definition) is 2. The number of nitrogens with zero attached hydrogens (tertiary/aromatic N) is 1. The van der Waals surface area contributed by atoms with Crippen molar-refractivity contribution >= 4 is 38.9 Å². The lowest BCUT2D eigenvalue weighted by molar-refractivity contribution is 0.0495. The molecule has 1 aliphatic rings. The minimum Gasteiger partial charge on any atom is -0.347 e. The second kappa shape index (κ2) is 12.6. The molecule has 0 bridgehead atoms. The summed E-state index contributed by atoms with van der Waals surface area (Å²) in [4.78, 5) is 13.0. The maximum absolute atomic E-state index is 13.4. The van der Waals surface area contributed by atoms with Crippen molar-refractivity contribution in [1.29, 1.82) is 0 Å². The fraction of sp³-hybridized carbons (Fsp3) is 0.346. The number of carbonyl (C=O) groups excluding carboxylic acids is 1. The number of halogens is 4. The molecule has 4 rings (SSSR count). The number of nitrogens with one attached hydrogen (secondary N) is 2. The van der Waals surface area contributed by atoms with Gasteiger partial charge in [-0.3, -0.25) is 4.79 Å². The van der Waals surface area contributed by atoms with Crippen molar-refractivity contribution < 1.29 is 26.4 Å². The van der Waals surface area contributed by atoms with Crippen LogP contribution in [0.15, 0.2) is 64.9 Å². The third kappa shape index (κ3) is 7.15. The van der Waals surface area contributed by atoms with Crippen molar-refractivity contribution in [1.82, 2.24) is 14.9 Å². The van der Waals surface area contributed by atoms with Crippen LogP contribution in [0.1, 0.15) is 45.4 Å². The first kappa shape index (κ1) is 28.6. The van der Waals surface area contributed by atoms with Crippen LogP contribution >= 0.6 is 22.9 Å². The Morgan fingerprint density at radius 3 is 2.26 bits per heavy atom. The smallest absolute Gasteiger partial charge is 0.273 e. The van der Waals surface area contributed by atoms with Gasteiger partial charge in [0.15, 0.2) is 6.17 Å². The Morgan fingerprint density at radius 1 is 0.974 bits per heavy atom. The summed E-state index contributed by atoms with van der Waals surface area (Å²) in [6, 6.07) is 15.8. The number of piperidine rings is 1. The van der Waals surface area contributed by atoms with E-state index in [2.05, 4.69) is 10.6 Å². The molecule has 2 N–H and O–H groups in total. The van der Waals surface area contributed by atoms with Crippen molar-refractivity contribution in [3.8, 4) is 0 Å². The van der Waals surface area contributed by atoms with Gasteiger partial charge in [0.05, 0.1) is 6.54 Å². The van der Waals surface area contributed by atoms with E-state index in [4.69, 9.17) is 11.6 Å². The number of amides is 1. The molecule has 1 aromatic heterocycles. The van der Waals surface area contributed by atoms with Gasteiger partial charge < -0.3 is 10.6 Å². The summed E-state index contributed by atoms with van der Waals surface area (Å²) in [5.41, 5.74) is 1.25. The molecule has 0 aliphatic carbocycles. The van der Waals surface area contributed by atoms with Crippen LogP contribution in [-0.4, -0.2) is 44.2 Å². The molecule has 0 radical (unpaired) electrons. The summed E-state index contributed by atoms with van der Waals surface area (Å²) in [5.74, 6) is -0.273. The summed E-state index contributed by atoms with van der Waals surface area (Å²) in [7, 11) is -3.65. The lowest BCUT2D eigenvalue weighted by Crippen LogP contribution is -2.44. The van der Waals surface area contributed by atoms with Gasteiger partial charge in [0.2, 0.25) is 0 Å². The molecule has 12 heteroatoms. The van der Waals surface area contributed by atoms with Gasteiger partial charge in [-0.25, -0.2) is 21.6 Å². The van der Waals surface area contributed by atoms with Gasteiger partial charge in [0, 0.05) is 41.1 Å². The molecule has 2 heterocycles. The van der Waals surface area contributed by atoms with Crippen LogP contribution in [0.4, 0.5) is 13.2 Å². The maximum Gasteiger partial charge on any atom is 0.273 e. The van der Waals surface area contributed by atoms with Crippen LogP contribution < -0.4 is 10.6 Å². The second-order valence-electron chi connectivity index (χ2n) is 8.95. The highest BCUT2D eigenvalue weighted by molar-refractivity contribution is 7.91. The highest BCUT2D eigenvalue weighted by Gasteiger charge is 2.30. The van der Waals surface area contributed by atoms with E-state index in [-0.39, 0.29) is 28.3 Å². The van der Waals surface area contributed by atoms with E-state index in [0.717, 1.165) is 21.8 Å². The van der Waals surface area contributed by atoms with E-state index < -0.39 is 22.6 Å². The number of thiophene rings is 1. The minimum atomic E-state index is -3.65.